The van der Waals surface area contributed by atoms with Gasteiger partial charge in [0.15, 0.2) is 5.82 Å². The number of likely N-dealkylation sites (N-methyl/N-ethyl adjacent to an activating group) is 1. The highest BCUT2D eigenvalue weighted by atomic mass is 16.3. The van der Waals surface area contributed by atoms with E-state index in [9.17, 15) is 5.11 Å². The normalized spacial score (nSPS) is 13.8. The summed E-state index contributed by atoms with van der Waals surface area (Å²) in [6.07, 6.45) is 4.40. The zero-order valence-electron chi connectivity index (χ0n) is 12.1. The minimum Gasteiger partial charge on any atom is -0.395 e. The van der Waals surface area contributed by atoms with Crippen LogP contribution in [0.15, 0.2) is 24.5 Å². The van der Waals surface area contributed by atoms with E-state index in [2.05, 4.69) is 10.3 Å². The Balaban J connectivity index is 2.09. The van der Waals surface area contributed by atoms with Crippen LogP contribution in [-0.4, -0.2) is 46.8 Å². The second-order valence-corrected chi connectivity index (χ2v) is 5.10. The highest BCUT2D eigenvalue weighted by molar-refractivity contribution is 5.60. The molecule has 0 unspecified atom stereocenters. The summed E-state index contributed by atoms with van der Waals surface area (Å²) in [6.45, 7) is 2.37. The Morgan fingerprint density at radius 1 is 1.29 bits per heavy atom. The molecule has 1 aliphatic heterocycles. The van der Waals surface area contributed by atoms with Crippen molar-refractivity contribution in [3.8, 4) is 11.4 Å². The highest BCUT2D eigenvalue weighted by Crippen LogP contribution is 2.26. The lowest BCUT2D eigenvalue weighted by molar-refractivity contribution is 0.303. The first-order chi connectivity index (χ1) is 10.3. The summed E-state index contributed by atoms with van der Waals surface area (Å²) in [5.74, 6) is 1.63. The maximum absolute atomic E-state index is 9.18. The molecule has 0 radical (unpaired) electrons. The third-order valence-electron chi connectivity index (χ3n) is 3.65. The number of nitrogens with zero attached hydrogens (tertiary/aromatic N) is 4. The monoisotopic (exact) mass is 285 g/mol. The maximum atomic E-state index is 9.18. The third-order valence-corrected chi connectivity index (χ3v) is 3.65. The molecule has 2 aromatic rings. The summed E-state index contributed by atoms with van der Waals surface area (Å²) in [6, 6.07) is 3.82. The van der Waals surface area contributed by atoms with Gasteiger partial charge in [-0.25, -0.2) is 9.97 Å². The highest BCUT2D eigenvalue weighted by Gasteiger charge is 2.20. The molecule has 0 bridgehead atoms. The molecule has 1 aliphatic rings. The van der Waals surface area contributed by atoms with Gasteiger partial charge in [0.2, 0.25) is 0 Å². The number of hydrogen-bond donors (Lipinski definition) is 2. The number of rotatable bonds is 4. The van der Waals surface area contributed by atoms with Crippen LogP contribution in [0, 0.1) is 0 Å². The first-order valence-corrected chi connectivity index (χ1v) is 7.12. The van der Waals surface area contributed by atoms with Crippen LogP contribution >= 0.6 is 0 Å². The molecular formula is C15H19N5O. The van der Waals surface area contributed by atoms with Crippen LogP contribution in [-0.2, 0) is 13.0 Å². The minimum absolute atomic E-state index is 0.109. The molecule has 0 fully saturated rings. The van der Waals surface area contributed by atoms with Gasteiger partial charge in [0, 0.05) is 43.7 Å². The summed E-state index contributed by atoms with van der Waals surface area (Å²) < 4.78 is 0. The van der Waals surface area contributed by atoms with E-state index < -0.39 is 0 Å². The molecule has 0 saturated heterocycles. The van der Waals surface area contributed by atoms with E-state index >= 15 is 0 Å². The lowest BCUT2D eigenvalue weighted by Crippen LogP contribution is -2.30. The van der Waals surface area contributed by atoms with Crippen molar-refractivity contribution in [3.05, 3.63) is 35.8 Å². The Morgan fingerprint density at radius 2 is 2.10 bits per heavy atom. The van der Waals surface area contributed by atoms with E-state index in [0.717, 1.165) is 36.6 Å². The molecule has 0 aromatic carbocycles. The molecule has 0 amide bonds. The van der Waals surface area contributed by atoms with Crippen LogP contribution in [0.3, 0.4) is 0 Å². The van der Waals surface area contributed by atoms with Crippen molar-refractivity contribution in [2.24, 2.45) is 0 Å². The summed E-state index contributed by atoms with van der Waals surface area (Å²) in [4.78, 5) is 15.4. The van der Waals surface area contributed by atoms with Crippen molar-refractivity contribution >= 4 is 5.82 Å². The van der Waals surface area contributed by atoms with Crippen LogP contribution in [0.5, 0.6) is 0 Å². The van der Waals surface area contributed by atoms with Crippen LogP contribution in [0.1, 0.15) is 11.3 Å². The number of aliphatic hydroxyl groups is 1. The van der Waals surface area contributed by atoms with E-state index in [1.165, 1.54) is 5.56 Å². The molecule has 0 aliphatic carbocycles. The number of fused-ring (bicyclic) bond motifs is 1. The summed E-state index contributed by atoms with van der Waals surface area (Å²) in [5.41, 5.74) is 3.18. The predicted molar refractivity (Wildman–Crippen MR) is 81.0 cm³/mol. The van der Waals surface area contributed by atoms with E-state index in [0.29, 0.717) is 12.4 Å². The van der Waals surface area contributed by atoms with Gasteiger partial charge < -0.3 is 15.3 Å². The van der Waals surface area contributed by atoms with Gasteiger partial charge in [-0.05, 0) is 25.1 Å². The number of nitrogens with one attached hydrogen (secondary N) is 1. The van der Waals surface area contributed by atoms with Crippen LogP contribution in [0.4, 0.5) is 5.82 Å². The standard InChI is InChI=1S/C15H19N5O/c1-20(8-9-21)15-12-4-7-17-10-13(12)18-14(19-15)11-2-5-16-6-3-11/h2-3,5-6,17,21H,4,7-10H2,1H3. The van der Waals surface area contributed by atoms with Crippen molar-refractivity contribution in [1.82, 2.24) is 20.3 Å². The zero-order valence-corrected chi connectivity index (χ0v) is 12.1. The van der Waals surface area contributed by atoms with E-state index in [1.54, 1.807) is 12.4 Å². The fourth-order valence-corrected chi connectivity index (χ4v) is 2.54. The van der Waals surface area contributed by atoms with Gasteiger partial charge >= 0.3 is 0 Å². The van der Waals surface area contributed by atoms with Gasteiger partial charge in [-0.2, -0.15) is 0 Å². The molecule has 6 nitrogen and oxygen atoms in total. The van der Waals surface area contributed by atoms with Gasteiger partial charge in [-0.15, -0.1) is 0 Å². The topological polar surface area (TPSA) is 74.2 Å². The quantitative estimate of drug-likeness (QED) is 0.857. The molecule has 2 N–H and O–H groups in total. The van der Waals surface area contributed by atoms with Crippen LogP contribution in [0.25, 0.3) is 11.4 Å². The average Bonchev–Trinajstić information content (AvgIpc) is 2.55. The van der Waals surface area contributed by atoms with Gasteiger partial charge in [0.05, 0.1) is 12.3 Å². The Hall–Kier alpha value is -2.05. The van der Waals surface area contributed by atoms with E-state index in [-0.39, 0.29) is 6.61 Å². The summed E-state index contributed by atoms with van der Waals surface area (Å²) in [7, 11) is 1.96. The van der Waals surface area contributed by atoms with Gasteiger partial charge in [-0.3, -0.25) is 4.98 Å². The van der Waals surface area contributed by atoms with Crippen molar-refractivity contribution in [1.29, 1.82) is 0 Å². The second-order valence-electron chi connectivity index (χ2n) is 5.10. The number of hydrogen-bond acceptors (Lipinski definition) is 6. The molecule has 110 valence electrons. The molecule has 2 aromatic heterocycles. The molecule has 3 heterocycles. The lowest BCUT2D eigenvalue weighted by Gasteiger charge is -2.25. The number of aliphatic hydroxyl groups excluding tert-OH is 1. The molecule has 0 atom stereocenters. The molecule has 6 heteroatoms. The fraction of sp³-hybridized carbons (Fsp3) is 0.400. The number of anilines is 1. The lowest BCUT2D eigenvalue weighted by atomic mass is 10.1. The first kappa shape index (κ1) is 13.9. The molecular weight excluding hydrogens is 266 g/mol. The molecule has 3 rings (SSSR count). The van der Waals surface area contributed by atoms with Gasteiger partial charge in [-0.1, -0.05) is 0 Å². The summed E-state index contributed by atoms with van der Waals surface area (Å²) in [5, 5.41) is 12.5. The van der Waals surface area contributed by atoms with E-state index in [1.807, 2.05) is 24.1 Å². The summed E-state index contributed by atoms with van der Waals surface area (Å²) >= 11 is 0. The van der Waals surface area contributed by atoms with Crippen molar-refractivity contribution in [2.45, 2.75) is 13.0 Å². The van der Waals surface area contributed by atoms with E-state index in [4.69, 9.17) is 9.97 Å². The zero-order chi connectivity index (χ0) is 14.7. The van der Waals surface area contributed by atoms with Crippen LogP contribution in [0.2, 0.25) is 0 Å². The first-order valence-electron chi connectivity index (χ1n) is 7.12. The maximum Gasteiger partial charge on any atom is 0.161 e. The Bertz CT molecular complexity index is 617. The number of pyridine rings is 1. The van der Waals surface area contributed by atoms with Crippen molar-refractivity contribution in [2.75, 3.05) is 31.6 Å². The minimum atomic E-state index is 0.109. The Labute approximate surface area is 123 Å². The second kappa shape index (κ2) is 6.15. The smallest absolute Gasteiger partial charge is 0.161 e. The number of aromatic nitrogens is 3. The van der Waals surface area contributed by atoms with Crippen LogP contribution < -0.4 is 10.2 Å². The fourth-order valence-electron chi connectivity index (χ4n) is 2.54. The average molecular weight is 285 g/mol. The van der Waals surface area contributed by atoms with Gasteiger partial charge in [0.1, 0.15) is 5.82 Å². The Kier molecular flexibility index (Phi) is 4.08. The van der Waals surface area contributed by atoms with Gasteiger partial charge in [0.25, 0.3) is 0 Å². The largest absolute Gasteiger partial charge is 0.395 e. The predicted octanol–water partition coefficient (Wildman–Crippen LogP) is 0.613. The molecule has 21 heavy (non-hydrogen) atoms. The molecule has 0 spiro atoms. The Morgan fingerprint density at radius 3 is 2.86 bits per heavy atom. The third kappa shape index (κ3) is 2.86. The van der Waals surface area contributed by atoms with Crippen molar-refractivity contribution in [3.63, 3.8) is 0 Å². The molecule has 0 saturated carbocycles. The van der Waals surface area contributed by atoms with Crippen molar-refractivity contribution < 1.29 is 5.11 Å². The SMILES string of the molecule is CN(CCO)c1nc(-c2ccncc2)nc2c1CCNC2.